The highest BCUT2D eigenvalue weighted by Gasteiger charge is 2.35. The second kappa shape index (κ2) is 9.64. The SMILES string of the molecule is COC(=O)[C@@H](c1ccccc1Cl)N1CCN(CC(=O)N(C)[C@H]2CCS(=O)(=O)C2)CC1. The molecular weight excluding hydrogens is 430 g/mol. The van der Waals surface area contributed by atoms with Crippen molar-refractivity contribution >= 4 is 33.3 Å². The first-order valence-electron chi connectivity index (χ1n) is 9.96. The normalized spacial score (nSPS) is 23.1. The maximum Gasteiger partial charge on any atom is 0.327 e. The average Bonchev–Trinajstić information content (AvgIpc) is 3.09. The third-order valence-corrected chi connectivity index (χ3v) is 8.00. The number of sulfone groups is 1. The number of halogens is 1. The zero-order valence-corrected chi connectivity index (χ0v) is 18.9. The number of carbonyl (C=O) groups excluding carboxylic acids is 2. The van der Waals surface area contributed by atoms with E-state index >= 15 is 0 Å². The first-order chi connectivity index (χ1) is 14.2. The van der Waals surface area contributed by atoms with E-state index in [2.05, 4.69) is 0 Å². The van der Waals surface area contributed by atoms with Crippen LogP contribution in [-0.2, 0) is 24.2 Å². The van der Waals surface area contributed by atoms with Crippen molar-refractivity contribution in [2.45, 2.75) is 18.5 Å². The number of ether oxygens (including phenoxy) is 1. The Morgan fingerprint density at radius 3 is 2.47 bits per heavy atom. The topological polar surface area (TPSA) is 87.2 Å². The standard InChI is InChI=1S/C20H28ClN3O5S/c1-22(15-7-12-30(27,28)14-15)18(25)13-23-8-10-24(11-9-23)19(20(26)29-2)16-5-3-4-6-17(16)21/h3-6,15,19H,7-14H2,1-2H3/t15-,19+/m0/s1. The lowest BCUT2D eigenvalue weighted by atomic mass is 10.0. The highest BCUT2D eigenvalue weighted by Crippen LogP contribution is 2.29. The van der Waals surface area contributed by atoms with Crippen LogP contribution >= 0.6 is 11.6 Å². The lowest BCUT2D eigenvalue weighted by Gasteiger charge is -2.38. The molecule has 1 aromatic carbocycles. The van der Waals surface area contributed by atoms with E-state index < -0.39 is 15.9 Å². The summed E-state index contributed by atoms with van der Waals surface area (Å²) in [5, 5.41) is 0.513. The Balaban J connectivity index is 1.58. The molecule has 1 amide bonds. The number of nitrogens with zero attached hydrogens (tertiary/aromatic N) is 3. The molecule has 0 unspecified atom stereocenters. The molecule has 0 spiro atoms. The Bertz CT molecular complexity index is 886. The average molecular weight is 458 g/mol. The summed E-state index contributed by atoms with van der Waals surface area (Å²) >= 11 is 6.32. The smallest absolute Gasteiger partial charge is 0.327 e. The minimum absolute atomic E-state index is 0.0433. The predicted octanol–water partition coefficient (Wildman–Crippen LogP) is 0.817. The van der Waals surface area contributed by atoms with Crippen LogP contribution in [-0.4, -0.2) is 99.4 Å². The summed E-state index contributed by atoms with van der Waals surface area (Å²) in [6.07, 6.45) is 0.497. The van der Waals surface area contributed by atoms with Gasteiger partial charge in [0.15, 0.2) is 9.84 Å². The van der Waals surface area contributed by atoms with Crippen LogP contribution in [0.2, 0.25) is 5.02 Å². The van der Waals surface area contributed by atoms with Gasteiger partial charge >= 0.3 is 5.97 Å². The van der Waals surface area contributed by atoms with Crippen LogP contribution in [0.25, 0.3) is 0 Å². The van der Waals surface area contributed by atoms with Gasteiger partial charge in [0.1, 0.15) is 6.04 Å². The summed E-state index contributed by atoms with van der Waals surface area (Å²) in [7, 11) is 0.00337. The van der Waals surface area contributed by atoms with Crippen molar-refractivity contribution in [3.05, 3.63) is 34.9 Å². The van der Waals surface area contributed by atoms with Gasteiger partial charge < -0.3 is 9.64 Å². The molecule has 2 saturated heterocycles. The Kier molecular flexibility index (Phi) is 7.38. The Hall–Kier alpha value is -1.68. The predicted molar refractivity (Wildman–Crippen MR) is 114 cm³/mol. The van der Waals surface area contributed by atoms with Crippen molar-refractivity contribution in [3.63, 3.8) is 0 Å². The molecule has 2 aliphatic heterocycles. The summed E-state index contributed by atoms with van der Waals surface area (Å²) in [5.41, 5.74) is 0.706. The zero-order valence-electron chi connectivity index (χ0n) is 17.3. The van der Waals surface area contributed by atoms with Gasteiger partial charge in [-0.3, -0.25) is 14.6 Å². The van der Waals surface area contributed by atoms with Gasteiger partial charge in [-0.25, -0.2) is 13.2 Å². The van der Waals surface area contributed by atoms with Crippen molar-refractivity contribution < 1.29 is 22.7 Å². The molecule has 0 aliphatic carbocycles. The number of hydrogen-bond acceptors (Lipinski definition) is 7. The molecule has 0 radical (unpaired) electrons. The van der Waals surface area contributed by atoms with Gasteiger partial charge in [-0.15, -0.1) is 0 Å². The fourth-order valence-electron chi connectivity index (χ4n) is 4.05. The summed E-state index contributed by atoms with van der Waals surface area (Å²) in [6.45, 7) is 2.62. The van der Waals surface area contributed by atoms with E-state index in [0.29, 0.717) is 43.2 Å². The molecule has 0 N–H and O–H groups in total. The second-order valence-electron chi connectivity index (χ2n) is 7.82. The van der Waals surface area contributed by atoms with E-state index in [1.165, 1.54) is 7.11 Å². The van der Waals surface area contributed by atoms with Crippen LogP contribution in [0.15, 0.2) is 24.3 Å². The van der Waals surface area contributed by atoms with Crippen molar-refractivity contribution in [1.29, 1.82) is 0 Å². The third-order valence-electron chi connectivity index (χ3n) is 5.90. The first-order valence-corrected chi connectivity index (χ1v) is 12.2. The van der Waals surface area contributed by atoms with Crippen molar-refractivity contribution in [2.75, 3.05) is 58.4 Å². The Morgan fingerprint density at radius 2 is 1.90 bits per heavy atom. The second-order valence-corrected chi connectivity index (χ2v) is 10.5. The van der Waals surface area contributed by atoms with Crippen LogP contribution in [0.3, 0.4) is 0 Å². The fraction of sp³-hybridized carbons (Fsp3) is 0.600. The number of rotatable bonds is 6. The number of amides is 1. The van der Waals surface area contributed by atoms with Crippen molar-refractivity contribution in [3.8, 4) is 0 Å². The van der Waals surface area contributed by atoms with Gasteiger partial charge in [-0.1, -0.05) is 29.8 Å². The summed E-state index contributed by atoms with van der Waals surface area (Å²) in [5.74, 6) is -0.261. The van der Waals surface area contributed by atoms with Gasteiger partial charge in [-0.2, -0.15) is 0 Å². The molecule has 0 saturated carbocycles. The molecule has 166 valence electrons. The maximum atomic E-state index is 12.6. The molecule has 1 aromatic rings. The summed E-state index contributed by atoms with van der Waals surface area (Å²) < 4.78 is 28.4. The fourth-order valence-corrected chi connectivity index (χ4v) is 6.06. The number of likely N-dealkylation sites (N-methyl/N-ethyl adjacent to an activating group) is 1. The lowest BCUT2D eigenvalue weighted by molar-refractivity contribution is -0.148. The molecule has 30 heavy (non-hydrogen) atoms. The number of piperazine rings is 1. The summed E-state index contributed by atoms with van der Waals surface area (Å²) in [4.78, 5) is 30.7. The molecule has 2 aliphatic rings. The van der Waals surface area contributed by atoms with E-state index in [1.807, 2.05) is 28.0 Å². The molecule has 2 atom stereocenters. The van der Waals surface area contributed by atoms with Gasteiger partial charge in [0.2, 0.25) is 5.91 Å². The molecule has 8 nitrogen and oxygen atoms in total. The highest BCUT2D eigenvalue weighted by molar-refractivity contribution is 7.91. The number of esters is 1. The van der Waals surface area contributed by atoms with E-state index in [9.17, 15) is 18.0 Å². The van der Waals surface area contributed by atoms with Gasteiger partial charge in [0.05, 0.1) is 25.2 Å². The number of carbonyl (C=O) groups is 2. The molecule has 10 heteroatoms. The zero-order chi connectivity index (χ0) is 21.9. The lowest BCUT2D eigenvalue weighted by Crippen LogP contribution is -2.52. The number of benzene rings is 1. The van der Waals surface area contributed by atoms with Crippen LogP contribution in [0.1, 0.15) is 18.0 Å². The van der Waals surface area contributed by atoms with Gasteiger partial charge in [-0.05, 0) is 18.1 Å². The molecule has 2 heterocycles. The molecule has 3 rings (SSSR count). The molecular formula is C20H28ClN3O5S. The number of hydrogen-bond donors (Lipinski definition) is 0. The third kappa shape index (κ3) is 5.32. The van der Waals surface area contributed by atoms with Crippen LogP contribution in [0, 0.1) is 0 Å². The van der Waals surface area contributed by atoms with E-state index in [0.717, 1.165) is 0 Å². The monoisotopic (exact) mass is 457 g/mol. The van der Waals surface area contributed by atoms with E-state index in [-0.39, 0.29) is 36.0 Å². The quantitative estimate of drug-likeness (QED) is 0.584. The Labute approximate surface area is 182 Å². The largest absolute Gasteiger partial charge is 0.468 e. The Morgan fingerprint density at radius 1 is 1.23 bits per heavy atom. The minimum Gasteiger partial charge on any atom is -0.468 e. The minimum atomic E-state index is -3.03. The molecule has 0 aromatic heterocycles. The van der Waals surface area contributed by atoms with Crippen LogP contribution in [0.4, 0.5) is 0 Å². The molecule has 0 bridgehead atoms. The van der Waals surface area contributed by atoms with Gasteiger partial charge in [0, 0.05) is 44.3 Å². The molecule has 2 fully saturated rings. The van der Waals surface area contributed by atoms with E-state index in [4.69, 9.17) is 16.3 Å². The number of methoxy groups -OCH3 is 1. The van der Waals surface area contributed by atoms with E-state index in [1.54, 1.807) is 18.0 Å². The summed E-state index contributed by atoms with van der Waals surface area (Å²) in [6, 6.07) is 6.40. The van der Waals surface area contributed by atoms with Crippen molar-refractivity contribution in [2.24, 2.45) is 0 Å². The van der Waals surface area contributed by atoms with Gasteiger partial charge in [0.25, 0.3) is 0 Å². The van der Waals surface area contributed by atoms with Crippen LogP contribution < -0.4 is 0 Å². The maximum absolute atomic E-state index is 12.6. The first kappa shape index (κ1) is 23.0. The van der Waals surface area contributed by atoms with Crippen LogP contribution in [0.5, 0.6) is 0 Å². The highest BCUT2D eigenvalue weighted by atomic mass is 35.5. The van der Waals surface area contributed by atoms with Crippen molar-refractivity contribution in [1.82, 2.24) is 14.7 Å².